The zero-order chi connectivity index (χ0) is 27.3. The van der Waals surface area contributed by atoms with E-state index in [1.807, 2.05) is 31.4 Å². The van der Waals surface area contributed by atoms with E-state index in [0.29, 0.717) is 24.8 Å². The molecule has 5 fully saturated rings. The number of likely N-dealkylation sites (tertiary alicyclic amines) is 1. The molecular weight excluding hydrogens is 502 g/mol. The molecular formula is C34H41NO5. The minimum Gasteiger partial charge on any atom is -0.486 e. The number of carbonyl (C=O) groups excluding carboxylic acids is 1. The molecule has 2 unspecified atom stereocenters. The van der Waals surface area contributed by atoms with Crippen LogP contribution in [-0.4, -0.2) is 62.5 Å². The van der Waals surface area contributed by atoms with Crippen LogP contribution in [0.15, 0.2) is 36.4 Å². The first-order valence-electron chi connectivity index (χ1n) is 15.3. The first-order valence-corrected chi connectivity index (χ1v) is 15.3. The lowest BCUT2D eigenvalue weighted by Crippen LogP contribution is -2.81. The molecule has 6 heteroatoms. The summed E-state index contributed by atoms with van der Waals surface area (Å²) in [7, 11) is 3.32. The molecule has 1 saturated heterocycles. The number of methoxy groups -OCH3 is 2. The van der Waals surface area contributed by atoms with E-state index in [0.717, 1.165) is 36.5 Å². The molecule has 0 N–H and O–H groups in total. The number of fused-ring (bicyclic) bond motifs is 2. The summed E-state index contributed by atoms with van der Waals surface area (Å²) in [4.78, 5) is 14.7. The number of benzene rings is 2. The van der Waals surface area contributed by atoms with Crippen LogP contribution in [0.1, 0.15) is 71.1 Å². The fourth-order valence-corrected chi connectivity index (χ4v) is 10.1. The number of aryl methyl sites for hydroxylation is 1. The highest BCUT2D eigenvalue weighted by atomic mass is 16.6. The van der Waals surface area contributed by atoms with Crippen LogP contribution < -0.4 is 4.74 Å². The van der Waals surface area contributed by atoms with Crippen molar-refractivity contribution in [1.82, 2.24) is 4.90 Å². The summed E-state index contributed by atoms with van der Waals surface area (Å²) in [5.74, 6) is 2.02. The van der Waals surface area contributed by atoms with Gasteiger partial charge in [-0.15, -0.1) is 0 Å². The molecule has 40 heavy (non-hydrogen) atoms. The molecule has 2 spiro atoms. The molecule has 2 aromatic carbocycles. The maximum absolute atomic E-state index is 11.8. The van der Waals surface area contributed by atoms with E-state index in [2.05, 4.69) is 24.0 Å². The first kappa shape index (κ1) is 25.3. The van der Waals surface area contributed by atoms with Gasteiger partial charge in [-0.1, -0.05) is 24.3 Å². The zero-order valence-corrected chi connectivity index (χ0v) is 24.0. The Morgan fingerprint density at radius 3 is 2.65 bits per heavy atom. The van der Waals surface area contributed by atoms with E-state index in [4.69, 9.17) is 18.9 Å². The largest absolute Gasteiger partial charge is 0.486 e. The van der Waals surface area contributed by atoms with Crippen LogP contribution in [0.3, 0.4) is 0 Å². The quantitative estimate of drug-likeness (QED) is 0.426. The summed E-state index contributed by atoms with van der Waals surface area (Å²) in [6, 6.07) is 12.8. The Kier molecular flexibility index (Phi) is 5.57. The molecule has 0 amide bonds. The van der Waals surface area contributed by atoms with Gasteiger partial charge in [-0.3, -0.25) is 4.90 Å². The second kappa shape index (κ2) is 8.80. The number of piperidine rings is 1. The summed E-state index contributed by atoms with van der Waals surface area (Å²) in [6.45, 7) is 5.83. The predicted octanol–water partition coefficient (Wildman–Crippen LogP) is 5.22. The fraction of sp³-hybridized carbons (Fsp3) is 0.618. The van der Waals surface area contributed by atoms with Crippen LogP contribution in [0.4, 0.5) is 0 Å². The molecule has 2 aliphatic heterocycles. The molecule has 4 bridgehead atoms. The Bertz CT molecular complexity index is 1350. The van der Waals surface area contributed by atoms with Crippen molar-refractivity contribution in [2.24, 2.45) is 17.3 Å². The number of carbonyl (C=O) groups is 1. The second-order valence-corrected chi connectivity index (χ2v) is 13.5. The molecule has 2 aromatic rings. The molecule has 9 rings (SSSR count). The van der Waals surface area contributed by atoms with Gasteiger partial charge in [-0.25, -0.2) is 4.79 Å². The number of rotatable bonds is 8. The number of hydrogen-bond acceptors (Lipinski definition) is 6. The molecule has 2 heterocycles. The fourth-order valence-electron chi connectivity index (χ4n) is 10.1. The monoisotopic (exact) mass is 543 g/mol. The van der Waals surface area contributed by atoms with Crippen molar-refractivity contribution in [1.29, 1.82) is 0 Å². The minimum absolute atomic E-state index is 0.0427. The highest BCUT2D eigenvalue weighted by Gasteiger charge is 2.80. The third-order valence-electron chi connectivity index (χ3n) is 12.0. The van der Waals surface area contributed by atoms with Crippen LogP contribution in [0.5, 0.6) is 5.75 Å². The van der Waals surface area contributed by atoms with Gasteiger partial charge in [0.1, 0.15) is 17.5 Å². The third kappa shape index (κ3) is 3.19. The predicted molar refractivity (Wildman–Crippen MR) is 151 cm³/mol. The average molecular weight is 544 g/mol. The second-order valence-electron chi connectivity index (χ2n) is 13.5. The summed E-state index contributed by atoms with van der Waals surface area (Å²) < 4.78 is 25.1. The van der Waals surface area contributed by atoms with Gasteiger partial charge in [0.25, 0.3) is 0 Å². The highest BCUT2D eigenvalue weighted by Crippen LogP contribution is 2.76. The number of ether oxygens (including phenoxy) is 4. The normalized spacial score (nSPS) is 36.7. The topological polar surface area (TPSA) is 57.2 Å². The highest BCUT2D eigenvalue weighted by molar-refractivity contribution is 5.89. The Labute approximate surface area is 237 Å². The number of esters is 1. The molecule has 4 saturated carbocycles. The number of hydrogen-bond donors (Lipinski definition) is 0. The van der Waals surface area contributed by atoms with Crippen LogP contribution in [0.2, 0.25) is 0 Å². The van der Waals surface area contributed by atoms with E-state index in [9.17, 15) is 4.79 Å². The molecule has 6 atom stereocenters. The molecule has 7 aliphatic rings. The lowest BCUT2D eigenvalue weighted by Gasteiger charge is -2.74. The van der Waals surface area contributed by atoms with Crippen molar-refractivity contribution < 1.29 is 23.7 Å². The van der Waals surface area contributed by atoms with Gasteiger partial charge in [0.15, 0.2) is 0 Å². The van der Waals surface area contributed by atoms with Crippen molar-refractivity contribution in [3.05, 3.63) is 64.2 Å². The lowest BCUT2D eigenvalue weighted by atomic mass is 9.35. The maximum Gasteiger partial charge on any atom is 0.337 e. The summed E-state index contributed by atoms with van der Waals surface area (Å²) in [5, 5.41) is 0. The number of nitrogens with zero attached hydrogens (tertiary/aromatic N) is 1. The van der Waals surface area contributed by atoms with Gasteiger partial charge in [0.2, 0.25) is 0 Å². The Balaban J connectivity index is 1.13. The summed E-state index contributed by atoms with van der Waals surface area (Å²) in [5.41, 5.74) is 5.86. The smallest absolute Gasteiger partial charge is 0.337 e. The standard InChI is InChI=1S/C34H41NO5/c1-21-4-9-25-16-27-32-12-13-34(38-3,26(17-32)20-39-19-23-7-10-24(11-8-23)30(36)37-2)31-33(32,28(25)29(21)40-31)14-15-35(27)18-22-5-6-22/h4,7-11,22,26-27,31H,5-6,12-20H2,1-3H3/t26-,27-,31-,32?,33+,34?/m1/s1. The van der Waals surface area contributed by atoms with Crippen LogP contribution in [-0.2, 0) is 32.7 Å². The van der Waals surface area contributed by atoms with E-state index in [1.54, 1.807) is 5.56 Å². The SMILES string of the molecule is COC(=O)c1ccc(COC[C@H]2CC34CCC2(OC)[C@@H]2Oc5c(C)ccc6c5[C@@]23CCN(CC2CC2)[C@@H]4C6)cc1. The molecule has 0 aromatic heterocycles. The van der Waals surface area contributed by atoms with Crippen LogP contribution >= 0.6 is 0 Å². The molecule has 5 aliphatic carbocycles. The van der Waals surface area contributed by atoms with Crippen LogP contribution in [0, 0.1) is 24.2 Å². The van der Waals surface area contributed by atoms with Gasteiger partial charge in [0.05, 0.1) is 25.9 Å². The van der Waals surface area contributed by atoms with Gasteiger partial charge >= 0.3 is 5.97 Å². The van der Waals surface area contributed by atoms with Crippen molar-refractivity contribution in [3.63, 3.8) is 0 Å². The Hall–Kier alpha value is -2.41. The van der Waals surface area contributed by atoms with Gasteiger partial charge in [-0.2, -0.15) is 0 Å². The average Bonchev–Trinajstić information content (AvgIpc) is 3.72. The van der Waals surface area contributed by atoms with E-state index in [1.165, 1.54) is 57.0 Å². The van der Waals surface area contributed by atoms with Gasteiger partial charge in [0, 0.05) is 42.0 Å². The summed E-state index contributed by atoms with van der Waals surface area (Å²) >= 11 is 0. The molecule has 6 nitrogen and oxygen atoms in total. The van der Waals surface area contributed by atoms with Gasteiger partial charge in [-0.05, 0) is 93.2 Å². The molecule has 0 radical (unpaired) electrons. The Morgan fingerprint density at radius 2 is 1.90 bits per heavy atom. The lowest BCUT2D eigenvalue weighted by molar-refractivity contribution is -0.283. The summed E-state index contributed by atoms with van der Waals surface area (Å²) in [6.07, 6.45) is 8.55. The zero-order valence-electron chi connectivity index (χ0n) is 24.0. The Morgan fingerprint density at radius 1 is 1.07 bits per heavy atom. The van der Waals surface area contributed by atoms with E-state index < -0.39 is 0 Å². The first-order chi connectivity index (χ1) is 19.5. The van der Waals surface area contributed by atoms with Crippen LogP contribution in [0.25, 0.3) is 0 Å². The van der Waals surface area contributed by atoms with E-state index >= 15 is 0 Å². The molecule has 212 valence electrons. The minimum atomic E-state index is -0.347. The van der Waals surface area contributed by atoms with Crippen molar-refractivity contribution >= 4 is 5.97 Å². The van der Waals surface area contributed by atoms with Crippen molar-refractivity contribution in [3.8, 4) is 5.75 Å². The van der Waals surface area contributed by atoms with Crippen molar-refractivity contribution in [2.75, 3.05) is 33.9 Å². The maximum atomic E-state index is 11.8. The van der Waals surface area contributed by atoms with Gasteiger partial charge < -0.3 is 18.9 Å². The van der Waals surface area contributed by atoms with E-state index in [-0.39, 0.29) is 34.4 Å². The third-order valence-corrected chi connectivity index (χ3v) is 12.0. The van der Waals surface area contributed by atoms with Crippen molar-refractivity contribution in [2.45, 2.75) is 81.6 Å².